The van der Waals surface area contributed by atoms with Gasteiger partial charge in [-0.2, -0.15) is 5.10 Å². The van der Waals surface area contributed by atoms with E-state index < -0.39 is 33.5 Å². The number of aromatic nitrogens is 2. The Morgan fingerprint density at radius 3 is 2.43 bits per heavy atom. The molecule has 8 nitrogen and oxygen atoms in total. The van der Waals surface area contributed by atoms with Gasteiger partial charge in [-0.1, -0.05) is 0 Å². The summed E-state index contributed by atoms with van der Waals surface area (Å²) >= 11 is 3.26. The van der Waals surface area contributed by atoms with E-state index in [1.807, 2.05) is 0 Å². The smallest absolute Gasteiger partial charge is 0.327 e. The van der Waals surface area contributed by atoms with Crippen molar-refractivity contribution in [2.45, 2.75) is 25.6 Å². The van der Waals surface area contributed by atoms with Crippen LogP contribution in [0.1, 0.15) is 18.3 Å². The Morgan fingerprint density at radius 1 is 1.48 bits per heavy atom. The van der Waals surface area contributed by atoms with Gasteiger partial charge in [-0.25, -0.2) is 13.2 Å². The molecule has 2 N–H and O–H groups in total. The van der Waals surface area contributed by atoms with E-state index in [0.717, 1.165) is 6.92 Å². The highest BCUT2D eigenvalue weighted by Gasteiger charge is 2.28. The van der Waals surface area contributed by atoms with Gasteiger partial charge < -0.3 is 10.4 Å². The van der Waals surface area contributed by atoms with Gasteiger partial charge in [-0.15, -0.1) is 0 Å². The summed E-state index contributed by atoms with van der Waals surface area (Å²) < 4.78 is 26.3. The molecule has 0 radical (unpaired) electrons. The molecule has 0 aliphatic carbocycles. The number of nitrogens with one attached hydrogen (secondary N) is 1. The Kier molecular flexibility index (Phi) is 5.51. The fraction of sp³-hybridized carbons (Fsp3) is 0.545. The average molecular weight is 382 g/mol. The lowest BCUT2D eigenvalue weighted by Gasteiger charge is -2.13. The van der Waals surface area contributed by atoms with E-state index in [1.54, 1.807) is 14.0 Å². The molecule has 0 saturated carbocycles. The standard InChI is InChI=1S/C11H16BrN3O5S/c1-6-10(12)9(15(3)14-6)5-21(19,20)4-8(11(17)18)13-7(2)16/h8H,4-5H2,1-3H3,(H,13,16)(H,17,18)/t8-/m0/s1. The van der Waals surface area contributed by atoms with E-state index >= 15 is 0 Å². The number of aliphatic carboxylic acids is 1. The van der Waals surface area contributed by atoms with Gasteiger partial charge in [-0.3, -0.25) is 9.48 Å². The predicted molar refractivity (Wildman–Crippen MR) is 78.4 cm³/mol. The van der Waals surface area contributed by atoms with Gasteiger partial charge in [0, 0.05) is 14.0 Å². The fourth-order valence-corrected chi connectivity index (χ4v) is 4.04. The van der Waals surface area contributed by atoms with Crippen molar-refractivity contribution < 1.29 is 23.1 Å². The summed E-state index contributed by atoms with van der Waals surface area (Å²) in [6.45, 7) is 2.85. The van der Waals surface area contributed by atoms with Crippen molar-refractivity contribution in [1.82, 2.24) is 15.1 Å². The molecule has 0 fully saturated rings. The zero-order valence-corrected chi connectivity index (χ0v) is 14.2. The Labute approximate surface area is 130 Å². The normalized spacial score (nSPS) is 13.0. The van der Waals surface area contributed by atoms with Crippen LogP contribution in [0.25, 0.3) is 0 Å². The van der Waals surface area contributed by atoms with E-state index in [0.29, 0.717) is 15.9 Å². The minimum absolute atomic E-state index is 0.367. The number of amides is 1. The molecule has 1 rings (SSSR count). The van der Waals surface area contributed by atoms with E-state index in [2.05, 4.69) is 26.3 Å². The van der Waals surface area contributed by atoms with E-state index in [1.165, 1.54) is 4.68 Å². The molecular formula is C11H16BrN3O5S. The lowest BCUT2D eigenvalue weighted by molar-refractivity contribution is -0.140. The quantitative estimate of drug-likeness (QED) is 0.715. The molecule has 21 heavy (non-hydrogen) atoms. The van der Waals surface area contributed by atoms with Crippen molar-refractivity contribution in [3.05, 3.63) is 15.9 Å². The number of carbonyl (C=O) groups excluding carboxylic acids is 1. The number of carboxylic acids is 1. The Balaban J connectivity index is 2.95. The summed E-state index contributed by atoms with van der Waals surface area (Å²) in [5.41, 5.74) is 1.07. The maximum Gasteiger partial charge on any atom is 0.327 e. The van der Waals surface area contributed by atoms with E-state index in [9.17, 15) is 18.0 Å². The van der Waals surface area contributed by atoms with Gasteiger partial charge in [0.1, 0.15) is 6.04 Å². The maximum atomic E-state index is 12.1. The highest BCUT2D eigenvalue weighted by molar-refractivity contribution is 9.10. The Morgan fingerprint density at radius 2 is 2.05 bits per heavy atom. The van der Waals surface area contributed by atoms with Crippen molar-refractivity contribution in [3.63, 3.8) is 0 Å². The summed E-state index contributed by atoms with van der Waals surface area (Å²) in [6, 6.07) is -1.47. The number of halogens is 1. The molecule has 10 heteroatoms. The van der Waals surface area contributed by atoms with Gasteiger partial charge in [0.05, 0.1) is 27.4 Å². The largest absolute Gasteiger partial charge is 0.480 e. The van der Waals surface area contributed by atoms with Crippen LogP contribution in [0.3, 0.4) is 0 Å². The topological polar surface area (TPSA) is 118 Å². The second-order valence-electron chi connectivity index (χ2n) is 4.62. The van der Waals surface area contributed by atoms with Gasteiger partial charge in [0.25, 0.3) is 0 Å². The van der Waals surface area contributed by atoms with Gasteiger partial charge in [0.2, 0.25) is 5.91 Å². The lowest BCUT2D eigenvalue weighted by Crippen LogP contribution is -2.44. The zero-order valence-electron chi connectivity index (χ0n) is 11.8. The molecule has 1 atom stereocenters. The highest BCUT2D eigenvalue weighted by atomic mass is 79.9. The number of rotatable bonds is 6. The summed E-state index contributed by atoms with van der Waals surface area (Å²) in [6.07, 6.45) is 0. The first-order chi connectivity index (χ1) is 9.53. The summed E-state index contributed by atoms with van der Waals surface area (Å²) in [4.78, 5) is 21.9. The number of nitrogens with zero attached hydrogens (tertiary/aromatic N) is 2. The Bertz CT molecular complexity index is 668. The molecular weight excluding hydrogens is 366 g/mol. The van der Waals surface area contributed by atoms with Crippen LogP contribution in [-0.4, -0.2) is 47.0 Å². The Hall–Kier alpha value is -1.42. The van der Waals surface area contributed by atoms with Crippen LogP contribution >= 0.6 is 15.9 Å². The molecule has 0 bridgehead atoms. The number of hydrogen-bond donors (Lipinski definition) is 2. The molecule has 118 valence electrons. The van der Waals surface area contributed by atoms with Crippen molar-refractivity contribution in [3.8, 4) is 0 Å². The van der Waals surface area contributed by atoms with Gasteiger partial charge in [0.15, 0.2) is 9.84 Å². The number of carbonyl (C=O) groups is 2. The molecule has 0 spiro atoms. The molecule has 0 saturated heterocycles. The third kappa shape index (κ3) is 4.81. The molecule has 1 aromatic rings. The summed E-state index contributed by atoms with van der Waals surface area (Å²) in [5, 5.41) is 15.1. The molecule has 1 heterocycles. The van der Waals surface area contributed by atoms with Gasteiger partial charge in [-0.05, 0) is 22.9 Å². The monoisotopic (exact) mass is 381 g/mol. The second-order valence-corrected chi connectivity index (χ2v) is 7.52. The van der Waals surface area contributed by atoms with Crippen LogP contribution in [0, 0.1) is 6.92 Å². The predicted octanol–water partition coefficient (Wildman–Crippen LogP) is -0.00488. The summed E-state index contributed by atoms with van der Waals surface area (Å²) in [7, 11) is -2.14. The molecule has 1 aromatic heterocycles. The minimum atomic E-state index is -3.74. The van der Waals surface area contributed by atoms with Crippen LogP contribution in [-0.2, 0) is 32.2 Å². The molecule has 1 amide bonds. The van der Waals surface area contributed by atoms with Crippen LogP contribution in [0.5, 0.6) is 0 Å². The third-order valence-electron chi connectivity index (χ3n) is 2.71. The first-order valence-corrected chi connectivity index (χ1v) is 8.53. The molecule has 0 aromatic carbocycles. The van der Waals surface area contributed by atoms with Crippen molar-refractivity contribution in [2.24, 2.45) is 7.05 Å². The van der Waals surface area contributed by atoms with Crippen molar-refractivity contribution >= 4 is 37.6 Å². The van der Waals surface area contributed by atoms with Crippen LogP contribution in [0.4, 0.5) is 0 Å². The average Bonchev–Trinajstić information content (AvgIpc) is 2.54. The van der Waals surface area contributed by atoms with E-state index in [4.69, 9.17) is 5.11 Å². The molecule has 0 aliphatic heterocycles. The van der Waals surface area contributed by atoms with Crippen molar-refractivity contribution in [1.29, 1.82) is 0 Å². The number of sulfone groups is 1. The second kappa shape index (κ2) is 6.56. The van der Waals surface area contributed by atoms with E-state index in [-0.39, 0.29) is 5.75 Å². The molecule has 0 aliphatic rings. The lowest BCUT2D eigenvalue weighted by atomic mass is 10.3. The summed E-state index contributed by atoms with van der Waals surface area (Å²) in [5.74, 6) is -3.04. The fourth-order valence-electron chi connectivity index (χ4n) is 1.78. The first-order valence-electron chi connectivity index (χ1n) is 5.92. The van der Waals surface area contributed by atoms with Crippen LogP contribution in [0.15, 0.2) is 4.47 Å². The number of carboxylic acid groups (broad SMARTS) is 1. The maximum absolute atomic E-state index is 12.1. The third-order valence-corrected chi connectivity index (χ3v) is 5.30. The number of hydrogen-bond acceptors (Lipinski definition) is 5. The zero-order chi connectivity index (χ0) is 16.4. The molecule has 0 unspecified atom stereocenters. The first kappa shape index (κ1) is 17.6. The number of aryl methyl sites for hydroxylation is 2. The van der Waals surface area contributed by atoms with Crippen molar-refractivity contribution in [2.75, 3.05) is 5.75 Å². The highest BCUT2D eigenvalue weighted by Crippen LogP contribution is 2.22. The van der Waals surface area contributed by atoms with Crippen LogP contribution < -0.4 is 5.32 Å². The van der Waals surface area contributed by atoms with Crippen LogP contribution in [0.2, 0.25) is 0 Å². The minimum Gasteiger partial charge on any atom is -0.480 e. The SMILES string of the molecule is CC(=O)N[C@@H](CS(=O)(=O)Cc1c(Br)c(C)nn1C)C(=O)O. The van der Waals surface area contributed by atoms with Gasteiger partial charge >= 0.3 is 5.97 Å².